The van der Waals surface area contributed by atoms with Crippen molar-refractivity contribution in [2.24, 2.45) is 0 Å². The van der Waals surface area contributed by atoms with Crippen LogP contribution in [0.15, 0.2) is 48.5 Å². The molecule has 0 fully saturated rings. The fourth-order valence-corrected chi connectivity index (χ4v) is 3.90. The molecule has 0 aliphatic heterocycles. The maximum Gasteiger partial charge on any atom is 0.257 e. The fraction of sp³-hybridized carbons (Fsp3) is 0.143. The lowest BCUT2D eigenvalue weighted by Gasteiger charge is -2.08. The molecule has 0 atom stereocenters. The number of fused-ring (bicyclic) bond motifs is 1. The van der Waals surface area contributed by atoms with Crippen LogP contribution in [0.3, 0.4) is 0 Å². The van der Waals surface area contributed by atoms with Gasteiger partial charge in [-0.15, -0.1) is 0 Å². The molecule has 1 amide bonds. The number of hydrogen-bond donors (Lipinski definition) is 2. The van der Waals surface area contributed by atoms with Crippen molar-refractivity contribution in [1.29, 1.82) is 0 Å². The Morgan fingerprint density at radius 3 is 2.43 bits per heavy atom. The molecular formula is C21H19N5OS. The van der Waals surface area contributed by atoms with E-state index in [2.05, 4.69) is 25.6 Å². The molecule has 2 aromatic carbocycles. The molecule has 0 bridgehead atoms. The summed E-state index contributed by atoms with van der Waals surface area (Å²) in [7, 11) is 0. The summed E-state index contributed by atoms with van der Waals surface area (Å²) in [6.07, 6.45) is 0. The Balaban J connectivity index is 1.54. The first-order valence-electron chi connectivity index (χ1n) is 8.85. The van der Waals surface area contributed by atoms with E-state index in [9.17, 15) is 4.79 Å². The van der Waals surface area contributed by atoms with E-state index in [-0.39, 0.29) is 5.91 Å². The predicted molar refractivity (Wildman–Crippen MR) is 114 cm³/mol. The van der Waals surface area contributed by atoms with E-state index in [0.717, 1.165) is 32.9 Å². The third-order valence-electron chi connectivity index (χ3n) is 4.20. The number of rotatable bonds is 4. The minimum absolute atomic E-state index is 0.207. The van der Waals surface area contributed by atoms with Crippen molar-refractivity contribution >= 4 is 44.2 Å². The molecule has 28 heavy (non-hydrogen) atoms. The average molecular weight is 389 g/mol. The Morgan fingerprint density at radius 2 is 1.68 bits per heavy atom. The van der Waals surface area contributed by atoms with E-state index in [1.54, 1.807) is 12.1 Å². The molecule has 0 saturated heterocycles. The highest BCUT2D eigenvalue weighted by Crippen LogP contribution is 2.28. The highest BCUT2D eigenvalue weighted by molar-refractivity contribution is 7.22. The first kappa shape index (κ1) is 18.1. The zero-order chi connectivity index (χ0) is 19.7. The fourth-order valence-electron chi connectivity index (χ4n) is 2.96. The molecule has 7 heteroatoms. The van der Waals surface area contributed by atoms with E-state index in [1.165, 1.54) is 11.3 Å². The molecule has 4 rings (SSSR count). The van der Waals surface area contributed by atoms with Crippen LogP contribution in [-0.2, 0) is 0 Å². The first-order chi connectivity index (χ1) is 13.5. The van der Waals surface area contributed by atoms with Gasteiger partial charge in [-0.1, -0.05) is 29.5 Å². The van der Waals surface area contributed by atoms with Gasteiger partial charge in [-0.05, 0) is 56.7 Å². The third-order valence-corrected chi connectivity index (χ3v) is 5.14. The second-order valence-electron chi connectivity index (χ2n) is 6.57. The first-order valence-corrected chi connectivity index (χ1v) is 9.66. The Kier molecular flexibility index (Phi) is 4.75. The number of nitrogens with one attached hydrogen (secondary N) is 2. The highest BCUT2D eigenvalue weighted by atomic mass is 32.1. The summed E-state index contributed by atoms with van der Waals surface area (Å²) in [5, 5.41) is 6.64. The molecular weight excluding hydrogens is 370 g/mol. The van der Waals surface area contributed by atoms with Crippen LogP contribution in [0.4, 0.5) is 16.8 Å². The van der Waals surface area contributed by atoms with Gasteiger partial charge in [0.15, 0.2) is 5.13 Å². The second kappa shape index (κ2) is 7.36. The van der Waals surface area contributed by atoms with Crippen molar-refractivity contribution in [2.75, 3.05) is 10.6 Å². The summed E-state index contributed by atoms with van der Waals surface area (Å²) >= 11 is 1.47. The number of carbonyl (C=O) groups is 1. The lowest BCUT2D eigenvalue weighted by molar-refractivity contribution is 0.102. The zero-order valence-corrected chi connectivity index (χ0v) is 16.6. The van der Waals surface area contributed by atoms with Gasteiger partial charge in [0.1, 0.15) is 0 Å². The van der Waals surface area contributed by atoms with Crippen LogP contribution in [0.5, 0.6) is 0 Å². The molecule has 6 nitrogen and oxygen atoms in total. The SMILES string of the molecule is Cc1cc(C)nc(Nc2cccc(C(=O)Nc3nc4c(C)cccc4s3)c2)n1. The topological polar surface area (TPSA) is 79.8 Å². The maximum atomic E-state index is 12.7. The molecule has 2 heterocycles. The summed E-state index contributed by atoms with van der Waals surface area (Å²) in [5.74, 6) is 0.304. The number of aromatic nitrogens is 3. The Hall–Kier alpha value is -3.32. The van der Waals surface area contributed by atoms with Crippen LogP contribution in [-0.4, -0.2) is 20.9 Å². The van der Waals surface area contributed by atoms with Crippen molar-refractivity contribution in [3.8, 4) is 0 Å². The third kappa shape index (κ3) is 3.84. The smallest absolute Gasteiger partial charge is 0.257 e. The van der Waals surface area contributed by atoms with Gasteiger partial charge >= 0.3 is 0 Å². The summed E-state index contributed by atoms with van der Waals surface area (Å²) in [6.45, 7) is 5.85. The van der Waals surface area contributed by atoms with E-state index in [1.807, 2.05) is 57.2 Å². The van der Waals surface area contributed by atoms with Crippen LogP contribution >= 0.6 is 11.3 Å². The number of carbonyl (C=O) groups excluding carboxylic acids is 1. The van der Waals surface area contributed by atoms with Gasteiger partial charge in [-0.3, -0.25) is 10.1 Å². The minimum atomic E-state index is -0.207. The quantitative estimate of drug-likeness (QED) is 0.513. The lowest BCUT2D eigenvalue weighted by Crippen LogP contribution is -2.12. The van der Waals surface area contributed by atoms with Crippen molar-refractivity contribution in [2.45, 2.75) is 20.8 Å². The molecule has 0 unspecified atom stereocenters. The van der Waals surface area contributed by atoms with Gasteiger partial charge < -0.3 is 5.32 Å². The number of benzene rings is 2. The zero-order valence-electron chi connectivity index (χ0n) is 15.8. The van der Waals surface area contributed by atoms with Gasteiger partial charge in [0, 0.05) is 22.6 Å². The van der Waals surface area contributed by atoms with Crippen LogP contribution in [0.25, 0.3) is 10.2 Å². The monoisotopic (exact) mass is 389 g/mol. The molecule has 140 valence electrons. The number of aryl methyl sites for hydroxylation is 3. The number of anilines is 3. The van der Waals surface area contributed by atoms with Crippen molar-refractivity contribution in [3.05, 3.63) is 71.0 Å². The summed E-state index contributed by atoms with van der Waals surface area (Å²) in [4.78, 5) is 26.0. The molecule has 0 saturated carbocycles. The largest absolute Gasteiger partial charge is 0.324 e. The Labute approximate surface area is 166 Å². The number of nitrogens with zero attached hydrogens (tertiary/aromatic N) is 3. The molecule has 0 aliphatic rings. The molecule has 0 radical (unpaired) electrons. The lowest BCUT2D eigenvalue weighted by atomic mass is 10.2. The average Bonchev–Trinajstić information content (AvgIpc) is 3.05. The Bertz CT molecular complexity index is 1160. The standard InChI is InChI=1S/C21H19N5OS/c1-12-6-4-9-17-18(12)25-21(28-17)26-19(27)15-7-5-8-16(11-15)24-20-22-13(2)10-14(3)23-20/h4-11H,1-3H3,(H,22,23,24)(H,25,26,27). The summed E-state index contributed by atoms with van der Waals surface area (Å²) < 4.78 is 1.05. The van der Waals surface area contributed by atoms with Crippen LogP contribution < -0.4 is 10.6 Å². The maximum absolute atomic E-state index is 12.7. The normalized spacial score (nSPS) is 10.8. The van der Waals surface area contributed by atoms with Gasteiger partial charge in [0.2, 0.25) is 5.95 Å². The van der Waals surface area contributed by atoms with Crippen molar-refractivity contribution in [1.82, 2.24) is 15.0 Å². The second-order valence-corrected chi connectivity index (χ2v) is 7.61. The summed E-state index contributed by atoms with van der Waals surface area (Å²) in [6, 6.07) is 15.2. The van der Waals surface area contributed by atoms with Gasteiger partial charge in [0.25, 0.3) is 5.91 Å². The van der Waals surface area contributed by atoms with Gasteiger partial charge in [0.05, 0.1) is 10.2 Å². The van der Waals surface area contributed by atoms with Crippen LogP contribution in [0, 0.1) is 20.8 Å². The number of para-hydroxylation sites is 1. The van der Waals surface area contributed by atoms with E-state index in [4.69, 9.17) is 0 Å². The van der Waals surface area contributed by atoms with E-state index < -0.39 is 0 Å². The molecule has 0 spiro atoms. The molecule has 2 N–H and O–H groups in total. The van der Waals surface area contributed by atoms with Gasteiger partial charge in [-0.2, -0.15) is 0 Å². The highest BCUT2D eigenvalue weighted by Gasteiger charge is 2.12. The Morgan fingerprint density at radius 1 is 0.929 bits per heavy atom. The number of hydrogen-bond acceptors (Lipinski definition) is 6. The molecule has 0 aliphatic carbocycles. The predicted octanol–water partition coefficient (Wildman–Crippen LogP) is 5.01. The van der Waals surface area contributed by atoms with Crippen molar-refractivity contribution < 1.29 is 4.79 Å². The van der Waals surface area contributed by atoms with Crippen molar-refractivity contribution in [3.63, 3.8) is 0 Å². The summed E-state index contributed by atoms with van der Waals surface area (Å²) in [5.41, 5.74) is 5.06. The number of amides is 1. The van der Waals surface area contributed by atoms with Gasteiger partial charge in [-0.25, -0.2) is 15.0 Å². The van der Waals surface area contributed by atoms with E-state index in [0.29, 0.717) is 16.6 Å². The molecule has 4 aromatic rings. The van der Waals surface area contributed by atoms with Crippen LogP contribution in [0.2, 0.25) is 0 Å². The van der Waals surface area contributed by atoms with Crippen LogP contribution in [0.1, 0.15) is 27.3 Å². The number of thiazole rings is 1. The molecule has 2 aromatic heterocycles. The van der Waals surface area contributed by atoms with E-state index >= 15 is 0 Å². The minimum Gasteiger partial charge on any atom is -0.324 e.